The van der Waals surface area contributed by atoms with Gasteiger partial charge in [0, 0.05) is 24.7 Å². The second-order valence-corrected chi connectivity index (χ2v) is 7.93. The molecule has 0 aliphatic carbocycles. The Hall–Kier alpha value is -3.12. The summed E-state index contributed by atoms with van der Waals surface area (Å²) in [4.78, 5) is 26.3. The zero-order chi connectivity index (χ0) is 22.2. The molecule has 1 heterocycles. The number of hydrogen-bond donors (Lipinski definition) is 2. The molecule has 2 amide bonds. The topological polar surface area (TPSA) is 70.7 Å². The van der Waals surface area contributed by atoms with E-state index in [9.17, 15) is 9.59 Å². The van der Waals surface area contributed by atoms with Crippen LogP contribution in [0.15, 0.2) is 61.2 Å². The van der Waals surface area contributed by atoms with Crippen molar-refractivity contribution in [1.29, 1.82) is 0 Å². The van der Waals surface area contributed by atoms with Crippen LogP contribution in [0, 0.1) is 5.92 Å². The number of ether oxygens (including phenoxy) is 1. The predicted molar refractivity (Wildman–Crippen MR) is 122 cm³/mol. The van der Waals surface area contributed by atoms with Crippen LogP contribution >= 0.6 is 0 Å². The second-order valence-electron chi connectivity index (χ2n) is 7.93. The minimum absolute atomic E-state index is 0.0802. The zero-order valence-corrected chi connectivity index (χ0v) is 18.3. The first-order valence-electron chi connectivity index (χ1n) is 10.6. The van der Waals surface area contributed by atoms with Gasteiger partial charge in [0.1, 0.15) is 5.75 Å². The number of hydrogen-bond acceptors (Lipinski definition) is 4. The van der Waals surface area contributed by atoms with E-state index in [1.54, 1.807) is 19.2 Å². The molecule has 2 aromatic carbocycles. The monoisotopic (exact) mass is 421 g/mol. The molecule has 0 spiro atoms. The third kappa shape index (κ3) is 5.95. The van der Waals surface area contributed by atoms with Crippen molar-refractivity contribution in [3.05, 3.63) is 77.9 Å². The number of nitrogens with one attached hydrogen (secondary N) is 2. The van der Waals surface area contributed by atoms with Crippen LogP contribution in [-0.2, 0) is 11.3 Å². The molecule has 31 heavy (non-hydrogen) atoms. The van der Waals surface area contributed by atoms with Crippen molar-refractivity contribution >= 4 is 11.8 Å². The Morgan fingerprint density at radius 1 is 1.13 bits per heavy atom. The lowest BCUT2D eigenvalue weighted by atomic mass is 9.85. The molecule has 2 aromatic rings. The number of methoxy groups -OCH3 is 1. The third-order valence-corrected chi connectivity index (χ3v) is 5.86. The highest BCUT2D eigenvalue weighted by Crippen LogP contribution is 2.35. The van der Waals surface area contributed by atoms with Crippen molar-refractivity contribution in [2.24, 2.45) is 5.92 Å². The first-order chi connectivity index (χ1) is 15.0. The highest BCUT2D eigenvalue weighted by atomic mass is 16.5. The average Bonchev–Trinajstić information content (AvgIpc) is 2.81. The molecule has 164 valence electrons. The normalized spacial score (nSPS) is 18.8. The molecule has 2 N–H and O–H groups in total. The van der Waals surface area contributed by atoms with Crippen LogP contribution < -0.4 is 15.4 Å². The molecular weight excluding hydrogens is 390 g/mol. The highest BCUT2D eigenvalue weighted by molar-refractivity contribution is 5.94. The molecular formula is C25H31N3O3. The fourth-order valence-corrected chi connectivity index (χ4v) is 4.16. The summed E-state index contributed by atoms with van der Waals surface area (Å²) in [6, 6.07) is 15.8. The maximum atomic E-state index is 12.7. The first kappa shape index (κ1) is 22.6. The molecule has 1 fully saturated rings. The molecule has 1 aliphatic rings. The van der Waals surface area contributed by atoms with Crippen LogP contribution in [0.3, 0.4) is 0 Å². The maximum absolute atomic E-state index is 12.7. The Morgan fingerprint density at radius 2 is 1.84 bits per heavy atom. The van der Waals surface area contributed by atoms with Gasteiger partial charge in [0.15, 0.2) is 0 Å². The number of carbonyl (C=O) groups is 2. The number of carbonyl (C=O) groups excluding carboxylic acids is 2. The summed E-state index contributed by atoms with van der Waals surface area (Å²) in [7, 11) is 3.82. The summed E-state index contributed by atoms with van der Waals surface area (Å²) in [5.41, 5.74) is 2.79. The Labute approximate surface area is 184 Å². The van der Waals surface area contributed by atoms with Crippen molar-refractivity contribution in [3.63, 3.8) is 0 Å². The fourth-order valence-electron chi connectivity index (χ4n) is 4.16. The van der Waals surface area contributed by atoms with Gasteiger partial charge in [-0.05, 0) is 73.8 Å². The Balaban J connectivity index is 1.60. The lowest BCUT2D eigenvalue weighted by Crippen LogP contribution is -2.41. The van der Waals surface area contributed by atoms with E-state index in [0.29, 0.717) is 24.6 Å². The smallest absolute Gasteiger partial charge is 0.251 e. The van der Waals surface area contributed by atoms with Crippen molar-refractivity contribution in [3.8, 4) is 5.75 Å². The van der Waals surface area contributed by atoms with Crippen molar-refractivity contribution < 1.29 is 14.3 Å². The van der Waals surface area contributed by atoms with Crippen LogP contribution in [-0.4, -0.2) is 44.0 Å². The molecule has 2 atom stereocenters. The van der Waals surface area contributed by atoms with Crippen LogP contribution in [0.2, 0.25) is 0 Å². The van der Waals surface area contributed by atoms with Crippen molar-refractivity contribution in [2.75, 3.05) is 27.2 Å². The highest BCUT2D eigenvalue weighted by Gasteiger charge is 2.30. The van der Waals surface area contributed by atoms with Gasteiger partial charge < -0.3 is 15.4 Å². The van der Waals surface area contributed by atoms with E-state index in [1.165, 1.54) is 11.6 Å². The maximum Gasteiger partial charge on any atom is 0.251 e. The summed E-state index contributed by atoms with van der Waals surface area (Å²) in [6.45, 7) is 5.51. The van der Waals surface area contributed by atoms with Gasteiger partial charge in [0.05, 0.1) is 7.11 Å². The van der Waals surface area contributed by atoms with Crippen molar-refractivity contribution in [2.45, 2.75) is 25.4 Å². The molecule has 0 bridgehead atoms. The molecule has 3 rings (SSSR count). The summed E-state index contributed by atoms with van der Waals surface area (Å²) < 4.78 is 5.28. The Morgan fingerprint density at radius 3 is 2.48 bits per heavy atom. The minimum atomic E-state index is -0.217. The largest absolute Gasteiger partial charge is 0.497 e. The lowest BCUT2D eigenvalue weighted by Gasteiger charge is -2.39. The summed E-state index contributed by atoms with van der Waals surface area (Å²) >= 11 is 0. The molecule has 6 nitrogen and oxygen atoms in total. The molecule has 1 aliphatic heterocycles. The van der Waals surface area contributed by atoms with E-state index in [2.05, 4.69) is 41.3 Å². The van der Waals surface area contributed by atoms with Crippen LogP contribution in [0.5, 0.6) is 5.75 Å². The van der Waals surface area contributed by atoms with E-state index >= 15 is 0 Å². The van der Waals surface area contributed by atoms with Crippen LogP contribution in [0.1, 0.15) is 40.4 Å². The molecule has 0 saturated carbocycles. The fraction of sp³-hybridized carbons (Fsp3) is 0.360. The predicted octanol–water partition coefficient (Wildman–Crippen LogP) is 3.31. The molecule has 0 aromatic heterocycles. The third-order valence-electron chi connectivity index (χ3n) is 5.86. The Kier molecular flexibility index (Phi) is 7.84. The van der Waals surface area contributed by atoms with Gasteiger partial charge in [-0.1, -0.05) is 30.8 Å². The van der Waals surface area contributed by atoms with E-state index < -0.39 is 0 Å². The van der Waals surface area contributed by atoms with Gasteiger partial charge in [-0.3, -0.25) is 14.5 Å². The molecule has 1 saturated heterocycles. The number of amides is 2. The molecule has 0 unspecified atom stereocenters. The Bertz CT molecular complexity index is 893. The average molecular weight is 422 g/mol. The SMILES string of the molecule is C=CC(=O)NCc1ccc(C(=O)NC[C@H]2CCCN(C)[C@@H]2c2ccc(OC)cc2)cc1. The standard InChI is InChI=1S/C25H31N3O3/c1-4-23(29)26-16-18-7-9-20(10-8-18)25(30)27-17-21-6-5-15-28(2)24(21)19-11-13-22(31-3)14-12-19/h4,7-14,21,24H,1,5-6,15-17H2,2-3H3,(H,26,29)(H,27,30)/t21-,24-/m1/s1. The van der Waals surface area contributed by atoms with Crippen LogP contribution in [0.4, 0.5) is 0 Å². The number of rotatable bonds is 8. The van der Waals surface area contributed by atoms with Gasteiger partial charge in [-0.25, -0.2) is 0 Å². The lowest BCUT2D eigenvalue weighted by molar-refractivity contribution is -0.116. The second kappa shape index (κ2) is 10.8. The minimum Gasteiger partial charge on any atom is -0.497 e. The van der Waals surface area contributed by atoms with Gasteiger partial charge in [-0.15, -0.1) is 0 Å². The number of likely N-dealkylation sites (tertiary alicyclic amines) is 1. The van der Waals surface area contributed by atoms with E-state index in [-0.39, 0.29) is 17.9 Å². The van der Waals surface area contributed by atoms with Crippen LogP contribution in [0.25, 0.3) is 0 Å². The van der Waals surface area contributed by atoms with Gasteiger partial charge >= 0.3 is 0 Å². The first-order valence-corrected chi connectivity index (χ1v) is 10.6. The van der Waals surface area contributed by atoms with Crippen molar-refractivity contribution in [1.82, 2.24) is 15.5 Å². The van der Waals surface area contributed by atoms with E-state index in [1.807, 2.05) is 24.3 Å². The molecule has 0 radical (unpaired) electrons. The van der Waals surface area contributed by atoms with E-state index in [4.69, 9.17) is 4.74 Å². The summed E-state index contributed by atoms with van der Waals surface area (Å²) in [6.07, 6.45) is 3.43. The van der Waals surface area contributed by atoms with Gasteiger partial charge in [0.2, 0.25) is 5.91 Å². The van der Waals surface area contributed by atoms with E-state index in [0.717, 1.165) is 30.7 Å². The van der Waals surface area contributed by atoms with Gasteiger partial charge in [-0.2, -0.15) is 0 Å². The van der Waals surface area contributed by atoms with Gasteiger partial charge in [0.25, 0.3) is 5.91 Å². The molecule has 6 heteroatoms. The number of piperidine rings is 1. The summed E-state index contributed by atoms with van der Waals surface area (Å²) in [5, 5.41) is 5.84. The summed E-state index contributed by atoms with van der Waals surface area (Å²) in [5.74, 6) is 0.887. The quantitative estimate of drug-likeness (QED) is 0.642. The zero-order valence-electron chi connectivity index (χ0n) is 18.3. The number of nitrogens with zero attached hydrogens (tertiary/aromatic N) is 1. The number of benzene rings is 2.